The molecule has 0 aromatic heterocycles. The van der Waals surface area contributed by atoms with Crippen molar-refractivity contribution in [2.45, 2.75) is 38.6 Å². The van der Waals surface area contributed by atoms with Gasteiger partial charge in [0.2, 0.25) is 0 Å². The quantitative estimate of drug-likeness (QED) is 0.764. The summed E-state index contributed by atoms with van der Waals surface area (Å²) in [5.74, 6) is 1.45. The van der Waals surface area contributed by atoms with E-state index >= 15 is 0 Å². The van der Waals surface area contributed by atoms with Crippen LogP contribution in [0.15, 0.2) is 48.5 Å². The first-order valence-corrected chi connectivity index (χ1v) is 12.1. The molecule has 0 atom stereocenters. The second kappa shape index (κ2) is 11.0. The van der Waals surface area contributed by atoms with Gasteiger partial charge in [-0.25, -0.2) is 0 Å². The molecule has 0 aliphatic carbocycles. The van der Waals surface area contributed by atoms with Gasteiger partial charge in [0.05, 0.1) is 19.2 Å². The Balaban J connectivity index is 1.55. The number of benzene rings is 2. The van der Waals surface area contributed by atoms with E-state index in [1.807, 2.05) is 41.3 Å². The monoisotopic (exact) mass is 452 g/mol. The van der Waals surface area contributed by atoms with Crippen LogP contribution < -0.4 is 9.47 Å². The predicted molar refractivity (Wildman–Crippen MR) is 129 cm³/mol. The van der Waals surface area contributed by atoms with Gasteiger partial charge in [0.15, 0.2) is 0 Å². The number of rotatable bonds is 3. The maximum atomic E-state index is 13.4. The number of hydrogen-bond acceptors (Lipinski definition) is 5. The van der Waals surface area contributed by atoms with Gasteiger partial charge < -0.3 is 19.5 Å². The zero-order chi connectivity index (χ0) is 23.1. The van der Waals surface area contributed by atoms with Gasteiger partial charge in [-0.3, -0.25) is 9.69 Å². The Kier molecular flexibility index (Phi) is 7.89. The minimum atomic E-state index is -0.0300. The standard InChI is InChI=1S/C27H36N2O4/c1-32-25-11-5-3-9-23(25)26(31)29-15-7-6-12-27(21-30)13-16-28(17-14-27)20-22-8-2-4-10-24(22)33-19-18-29/h2-5,8-11,30H,6-7,12-21H2,1H3. The van der Waals surface area contributed by atoms with E-state index in [1.54, 1.807) is 7.11 Å². The molecule has 2 aromatic rings. The van der Waals surface area contributed by atoms with Crippen molar-refractivity contribution in [1.82, 2.24) is 9.80 Å². The SMILES string of the molecule is COc1ccccc1C(=O)N1CCCCC2(CO)CCN(CC2)Cc2ccccc2OCC1. The molecule has 1 fully saturated rings. The molecule has 1 amide bonds. The third-order valence-corrected chi connectivity index (χ3v) is 7.25. The third-order valence-electron chi connectivity index (χ3n) is 7.25. The highest BCUT2D eigenvalue weighted by Gasteiger charge is 2.34. The van der Waals surface area contributed by atoms with Crippen LogP contribution in [0.4, 0.5) is 0 Å². The van der Waals surface area contributed by atoms with Gasteiger partial charge in [0, 0.05) is 25.3 Å². The third kappa shape index (κ3) is 5.68. The van der Waals surface area contributed by atoms with Crippen LogP contribution >= 0.6 is 0 Å². The summed E-state index contributed by atoms with van der Waals surface area (Å²) in [5, 5.41) is 10.2. The largest absolute Gasteiger partial charge is 0.496 e. The van der Waals surface area contributed by atoms with Gasteiger partial charge in [-0.2, -0.15) is 0 Å². The van der Waals surface area contributed by atoms with E-state index in [0.29, 0.717) is 31.0 Å². The number of carbonyl (C=O) groups excluding carboxylic acids is 1. The lowest BCUT2D eigenvalue weighted by Crippen LogP contribution is -2.41. The van der Waals surface area contributed by atoms with Crippen LogP contribution in [0.1, 0.15) is 48.0 Å². The van der Waals surface area contributed by atoms with Crippen molar-refractivity contribution in [1.29, 1.82) is 0 Å². The van der Waals surface area contributed by atoms with Crippen molar-refractivity contribution < 1.29 is 19.4 Å². The van der Waals surface area contributed by atoms with E-state index in [4.69, 9.17) is 9.47 Å². The maximum Gasteiger partial charge on any atom is 0.257 e. The number of fused-ring (bicyclic) bond motifs is 9. The van der Waals surface area contributed by atoms with Crippen molar-refractivity contribution in [3.63, 3.8) is 0 Å². The molecule has 0 spiro atoms. The number of aliphatic hydroxyl groups is 1. The summed E-state index contributed by atoms with van der Waals surface area (Å²) in [7, 11) is 1.59. The normalized spacial score (nSPS) is 24.2. The molecule has 5 rings (SSSR count). The lowest BCUT2D eigenvalue weighted by molar-refractivity contribution is 0.0319. The van der Waals surface area contributed by atoms with E-state index in [0.717, 1.165) is 57.5 Å². The van der Waals surface area contributed by atoms with Crippen molar-refractivity contribution >= 4 is 5.91 Å². The Morgan fingerprint density at radius 1 is 1.00 bits per heavy atom. The zero-order valence-corrected chi connectivity index (χ0v) is 19.7. The number of para-hydroxylation sites is 2. The van der Waals surface area contributed by atoms with Gasteiger partial charge in [-0.15, -0.1) is 0 Å². The van der Waals surface area contributed by atoms with E-state index < -0.39 is 0 Å². The Bertz CT molecular complexity index is 924. The molecule has 178 valence electrons. The molecule has 0 radical (unpaired) electrons. The van der Waals surface area contributed by atoms with Gasteiger partial charge in [0.25, 0.3) is 5.91 Å². The molecule has 6 nitrogen and oxygen atoms in total. The number of amides is 1. The van der Waals surface area contributed by atoms with Crippen molar-refractivity contribution in [3.8, 4) is 11.5 Å². The van der Waals surface area contributed by atoms with Gasteiger partial charge in [0.1, 0.15) is 18.1 Å². The zero-order valence-electron chi connectivity index (χ0n) is 19.7. The number of hydrogen-bond donors (Lipinski definition) is 1. The second-order valence-electron chi connectivity index (χ2n) is 9.34. The van der Waals surface area contributed by atoms with Crippen LogP contribution in [0.2, 0.25) is 0 Å². The molecule has 3 aliphatic heterocycles. The van der Waals surface area contributed by atoms with Crippen molar-refractivity contribution in [2.75, 3.05) is 46.5 Å². The molecule has 0 unspecified atom stereocenters. The van der Waals surface area contributed by atoms with E-state index in [1.165, 1.54) is 5.56 Å². The van der Waals surface area contributed by atoms with E-state index in [-0.39, 0.29) is 17.9 Å². The van der Waals surface area contributed by atoms with Crippen LogP contribution in [-0.4, -0.2) is 67.3 Å². The van der Waals surface area contributed by atoms with Crippen LogP contribution in [-0.2, 0) is 6.54 Å². The summed E-state index contributed by atoms with van der Waals surface area (Å²) in [6.45, 7) is 4.70. The molecule has 2 aromatic carbocycles. The molecule has 33 heavy (non-hydrogen) atoms. The van der Waals surface area contributed by atoms with Crippen LogP contribution in [0.5, 0.6) is 11.5 Å². The van der Waals surface area contributed by atoms with E-state index in [2.05, 4.69) is 17.0 Å². The number of carbonyl (C=O) groups is 1. The predicted octanol–water partition coefficient (Wildman–Crippen LogP) is 3.97. The maximum absolute atomic E-state index is 13.4. The fourth-order valence-corrected chi connectivity index (χ4v) is 5.06. The lowest BCUT2D eigenvalue weighted by atomic mass is 9.75. The average molecular weight is 453 g/mol. The lowest BCUT2D eigenvalue weighted by Gasteiger charge is -2.41. The topological polar surface area (TPSA) is 62.2 Å². The van der Waals surface area contributed by atoms with Crippen molar-refractivity contribution in [2.24, 2.45) is 5.41 Å². The fraction of sp³-hybridized carbons (Fsp3) is 0.519. The first kappa shape index (κ1) is 23.6. The Morgan fingerprint density at radius 2 is 1.76 bits per heavy atom. The highest BCUT2D eigenvalue weighted by Crippen LogP contribution is 2.37. The number of methoxy groups -OCH3 is 1. The van der Waals surface area contributed by atoms with Gasteiger partial charge in [-0.05, 0) is 62.4 Å². The summed E-state index contributed by atoms with van der Waals surface area (Å²) >= 11 is 0. The summed E-state index contributed by atoms with van der Waals surface area (Å²) in [5.41, 5.74) is 1.76. The summed E-state index contributed by atoms with van der Waals surface area (Å²) in [4.78, 5) is 17.8. The first-order chi connectivity index (χ1) is 16.1. The smallest absolute Gasteiger partial charge is 0.257 e. The van der Waals surface area contributed by atoms with Crippen molar-refractivity contribution in [3.05, 3.63) is 59.7 Å². The summed E-state index contributed by atoms with van der Waals surface area (Å²) in [6, 6.07) is 15.6. The number of aliphatic hydroxyl groups excluding tert-OH is 1. The summed E-state index contributed by atoms with van der Waals surface area (Å²) in [6.07, 6.45) is 4.92. The Morgan fingerprint density at radius 3 is 2.55 bits per heavy atom. The van der Waals surface area contributed by atoms with Crippen LogP contribution in [0.25, 0.3) is 0 Å². The number of nitrogens with zero attached hydrogens (tertiary/aromatic N) is 2. The molecule has 6 heteroatoms. The minimum absolute atomic E-state index is 0.00415. The Labute approximate surface area is 197 Å². The van der Waals surface area contributed by atoms with E-state index in [9.17, 15) is 9.90 Å². The second-order valence-corrected chi connectivity index (χ2v) is 9.34. The Hall–Kier alpha value is -2.57. The number of piperidine rings is 1. The van der Waals surface area contributed by atoms with Gasteiger partial charge in [-0.1, -0.05) is 36.8 Å². The average Bonchev–Trinajstić information content (AvgIpc) is 2.87. The molecule has 2 bridgehead atoms. The van der Waals surface area contributed by atoms with Crippen LogP contribution in [0, 0.1) is 5.41 Å². The number of ether oxygens (including phenoxy) is 2. The highest BCUT2D eigenvalue weighted by atomic mass is 16.5. The molecular weight excluding hydrogens is 416 g/mol. The molecule has 0 saturated carbocycles. The summed E-state index contributed by atoms with van der Waals surface area (Å²) < 4.78 is 11.6. The molecule has 3 aliphatic rings. The molecule has 3 heterocycles. The fourth-order valence-electron chi connectivity index (χ4n) is 5.06. The molecule has 1 saturated heterocycles. The van der Waals surface area contributed by atoms with Gasteiger partial charge >= 0.3 is 0 Å². The molecular formula is C27H36N2O4. The van der Waals surface area contributed by atoms with Crippen LogP contribution in [0.3, 0.4) is 0 Å². The first-order valence-electron chi connectivity index (χ1n) is 12.1. The highest BCUT2D eigenvalue weighted by molar-refractivity contribution is 5.96. The minimum Gasteiger partial charge on any atom is -0.496 e. The molecule has 1 N–H and O–H groups in total.